The minimum absolute atomic E-state index is 0.0505. The molecule has 1 atom stereocenters. The van der Waals surface area contributed by atoms with Crippen LogP contribution >= 0.6 is 0 Å². The minimum atomic E-state index is -0.911. The van der Waals surface area contributed by atoms with Gasteiger partial charge in [-0.2, -0.15) is 0 Å². The van der Waals surface area contributed by atoms with Crippen molar-refractivity contribution in [3.63, 3.8) is 0 Å². The standard InChI is InChI=1S/C30H54O4/c1-3-5-6-7-8-9-10-11-12-13-14-15-16-17-18-19-20-21-22-23-24-25-28(30(32)33)27-29(31)34-26-4-2/h4,18-19,28H,2-3,5-17,20-27H2,1H3,(H,32,33)/b19-18+. The van der Waals surface area contributed by atoms with Gasteiger partial charge in [-0.3, -0.25) is 9.59 Å². The lowest BCUT2D eigenvalue weighted by Gasteiger charge is -2.11. The molecule has 34 heavy (non-hydrogen) atoms. The molecule has 4 heteroatoms. The molecular formula is C30H54O4. The van der Waals surface area contributed by atoms with Crippen LogP contribution in [0.2, 0.25) is 0 Å². The first kappa shape index (κ1) is 32.4. The van der Waals surface area contributed by atoms with Crippen LogP contribution in [0.1, 0.15) is 142 Å². The molecule has 0 fully saturated rings. The molecule has 0 aromatic carbocycles. The quantitative estimate of drug-likeness (QED) is 0.0764. The predicted octanol–water partition coefficient (Wildman–Crippen LogP) is 9.18. The monoisotopic (exact) mass is 478 g/mol. The van der Waals surface area contributed by atoms with Crippen molar-refractivity contribution in [3.05, 3.63) is 24.8 Å². The normalized spacial score (nSPS) is 12.1. The lowest BCUT2D eigenvalue weighted by atomic mass is 9.97. The van der Waals surface area contributed by atoms with Crippen molar-refractivity contribution in [2.45, 2.75) is 142 Å². The highest BCUT2D eigenvalue weighted by atomic mass is 16.5. The maximum atomic E-state index is 11.6. The van der Waals surface area contributed by atoms with E-state index in [9.17, 15) is 14.7 Å². The van der Waals surface area contributed by atoms with E-state index in [4.69, 9.17) is 4.74 Å². The maximum absolute atomic E-state index is 11.6. The number of hydrogen-bond acceptors (Lipinski definition) is 3. The summed E-state index contributed by atoms with van der Waals surface area (Å²) in [6, 6.07) is 0. The van der Waals surface area contributed by atoms with Crippen LogP contribution in [0.15, 0.2) is 24.8 Å². The van der Waals surface area contributed by atoms with Gasteiger partial charge in [-0.05, 0) is 32.1 Å². The Morgan fingerprint density at radius 3 is 1.62 bits per heavy atom. The fraction of sp³-hybridized carbons (Fsp3) is 0.800. The average Bonchev–Trinajstić information content (AvgIpc) is 2.82. The number of allylic oxidation sites excluding steroid dienone is 2. The van der Waals surface area contributed by atoms with Crippen LogP contribution in [0.25, 0.3) is 0 Å². The number of hydrogen-bond donors (Lipinski definition) is 1. The average molecular weight is 479 g/mol. The molecule has 0 rings (SSSR count). The molecule has 0 spiro atoms. The van der Waals surface area contributed by atoms with Crippen LogP contribution in [0.3, 0.4) is 0 Å². The molecule has 0 aromatic rings. The number of carbonyl (C=O) groups excluding carboxylic acids is 1. The second-order valence-corrected chi connectivity index (χ2v) is 9.71. The second-order valence-electron chi connectivity index (χ2n) is 9.71. The molecule has 4 nitrogen and oxygen atoms in total. The Labute approximate surface area is 210 Å². The first-order valence-electron chi connectivity index (χ1n) is 14.3. The van der Waals surface area contributed by atoms with Gasteiger partial charge in [0.1, 0.15) is 6.61 Å². The van der Waals surface area contributed by atoms with Gasteiger partial charge < -0.3 is 9.84 Å². The van der Waals surface area contributed by atoms with E-state index in [0.717, 1.165) is 32.1 Å². The van der Waals surface area contributed by atoms with Crippen molar-refractivity contribution in [3.8, 4) is 0 Å². The van der Waals surface area contributed by atoms with Gasteiger partial charge in [-0.1, -0.05) is 128 Å². The molecule has 0 radical (unpaired) electrons. The Morgan fingerprint density at radius 2 is 1.18 bits per heavy atom. The topological polar surface area (TPSA) is 63.6 Å². The molecule has 0 saturated heterocycles. The van der Waals surface area contributed by atoms with Crippen LogP contribution in [0.5, 0.6) is 0 Å². The number of carbonyl (C=O) groups is 2. The largest absolute Gasteiger partial charge is 0.481 e. The minimum Gasteiger partial charge on any atom is -0.481 e. The van der Waals surface area contributed by atoms with Gasteiger partial charge in [0, 0.05) is 0 Å². The van der Waals surface area contributed by atoms with Gasteiger partial charge in [0.2, 0.25) is 0 Å². The Morgan fingerprint density at radius 1 is 0.735 bits per heavy atom. The van der Waals surface area contributed by atoms with Crippen molar-refractivity contribution in [1.29, 1.82) is 0 Å². The van der Waals surface area contributed by atoms with E-state index >= 15 is 0 Å². The van der Waals surface area contributed by atoms with Gasteiger partial charge in [0.25, 0.3) is 0 Å². The number of aliphatic carboxylic acids is 1. The Balaban J connectivity index is 3.42. The van der Waals surface area contributed by atoms with E-state index in [2.05, 4.69) is 25.7 Å². The second kappa shape index (κ2) is 26.0. The van der Waals surface area contributed by atoms with Crippen LogP contribution < -0.4 is 0 Å². The van der Waals surface area contributed by atoms with Crippen molar-refractivity contribution in [1.82, 2.24) is 0 Å². The molecule has 0 aromatic heterocycles. The zero-order chi connectivity index (χ0) is 25.1. The fourth-order valence-electron chi connectivity index (χ4n) is 4.25. The van der Waals surface area contributed by atoms with Gasteiger partial charge in [-0.15, -0.1) is 0 Å². The molecule has 0 heterocycles. The highest BCUT2D eigenvalue weighted by Gasteiger charge is 2.21. The van der Waals surface area contributed by atoms with E-state index < -0.39 is 17.9 Å². The molecule has 0 aliphatic rings. The summed E-state index contributed by atoms with van der Waals surface area (Å²) < 4.78 is 4.89. The number of carboxylic acids is 1. The van der Waals surface area contributed by atoms with Crippen molar-refractivity contribution in [2.75, 3.05) is 6.61 Å². The molecule has 0 saturated carbocycles. The summed E-state index contributed by atoms with van der Waals surface area (Å²) in [7, 11) is 0. The Kier molecular flexibility index (Phi) is 24.8. The SMILES string of the molecule is C=CCOC(=O)CC(CCCCCC/C=C/CCCCCCCCCCCCCCC)C(=O)O. The van der Waals surface area contributed by atoms with Gasteiger partial charge >= 0.3 is 11.9 Å². The molecular weight excluding hydrogens is 424 g/mol. The summed E-state index contributed by atoms with van der Waals surface area (Å²) in [5.74, 6) is -2.01. The van der Waals surface area contributed by atoms with Gasteiger partial charge in [0.05, 0.1) is 12.3 Å². The van der Waals surface area contributed by atoms with Crippen molar-refractivity contribution in [2.24, 2.45) is 5.92 Å². The zero-order valence-electron chi connectivity index (χ0n) is 22.2. The first-order valence-corrected chi connectivity index (χ1v) is 14.3. The zero-order valence-corrected chi connectivity index (χ0v) is 22.2. The molecule has 0 aliphatic heterocycles. The first-order chi connectivity index (χ1) is 16.6. The number of esters is 1. The summed E-state index contributed by atoms with van der Waals surface area (Å²) in [6.07, 6.45) is 31.2. The molecule has 198 valence electrons. The fourth-order valence-corrected chi connectivity index (χ4v) is 4.25. The van der Waals surface area contributed by atoms with Gasteiger partial charge in [-0.25, -0.2) is 0 Å². The third-order valence-electron chi connectivity index (χ3n) is 6.44. The summed E-state index contributed by atoms with van der Waals surface area (Å²) in [6.45, 7) is 5.90. The molecule has 0 aliphatic carbocycles. The Bertz CT molecular complexity index is 512. The number of unbranched alkanes of at least 4 members (excludes halogenated alkanes) is 17. The molecule has 1 unspecified atom stereocenters. The van der Waals surface area contributed by atoms with E-state index in [-0.39, 0.29) is 13.0 Å². The maximum Gasteiger partial charge on any atom is 0.307 e. The molecule has 1 N–H and O–H groups in total. The van der Waals surface area contributed by atoms with Crippen molar-refractivity contribution >= 4 is 11.9 Å². The molecule has 0 bridgehead atoms. The Hall–Kier alpha value is -1.58. The lowest BCUT2D eigenvalue weighted by Crippen LogP contribution is -2.19. The van der Waals surface area contributed by atoms with Gasteiger partial charge in [0.15, 0.2) is 0 Å². The number of rotatable bonds is 26. The van der Waals surface area contributed by atoms with E-state index in [0.29, 0.717) is 6.42 Å². The third-order valence-corrected chi connectivity index (χ3v) is 6.44. The number of carboxylic acid groups (broad SMARTS) is 1. The van der Waals surface area contributed by atoms with E-state index in [1.165, 1.54) is 96.0 Å². The third kappa shape index (κ3) is 23.6. The van der Waals surface area contributed by atoms with Crippen LogP contribution in [-0.2, 0) is 14.3 Å². The number of ether oxygens (including phenoxy) is 1. The van der Waals surface area contributed by atoms with Crippen LogP contribution in [0.4, 0.5) is 0 Å². The van der Waals surface area contributed by atoms with Crippen LogP contribution in [-0.4, -0.2) is 23.7 Å². The smallest absolute Gasteiger partial charge is 0.307 e. The highest BCUT2D eigenvalue weighted by Crippen LogP contribution is 2.17. The summed E-state index contributed by atoms with van der Waals surface area (Å²) in [5, 5.41) is 9.28. The summed E-state index contributed by atoms with van der Waals surface area (Å²) in [5.41, 5.74) is 0. The molecule has 0 amide bonds. The lowest BCUT2D eigenvalue weighted by molar-refractivity contribution is -0.151. The summed E-state index contributed by atoms with van der Waals surface area (Å²) in [4.78, 5) is 22.9. The van der Waals surface area contributed by atoms with E-state index in [1.807, 2.05) is 0 Å². The van der Waals surface area contributed by atoms with E-state index in [1.54, 1.807) is 0 Å². The van der Waals surface area contributed by atoms with Crippen LogP contribution in [0, 0.1) is 5.92 Å². The predicted molar refractivity (Wildman–Crippen MR) is 144 cm³/mol. The summed E-state index contributed by atoms with van der Waals surface area (Å²) >= 11 is 0. The highest BCUT2D eigenvalue weighted by molar-refractivity contribution is 5.78. The van der Waals surface area contributed by atoms with Crippen molar-refractivity contribution < 1.29 is 19.4 Å².